The smallest absolute Gasteiger partial charge is 0.0573 e. The minimum atomic E-state index is -0.0464. The van der Waals surface area contributed by atoms with Gasteiger partial charge in [0.1, 0.15) is 0 Å². The number of hydrogen-bond donors (Lipinski definition) is 1. The molecular weight excluding hydrogens is 294 g/mol. The van der Waals surface area contributed by atoms with E-state index in [1.165, 1.54) is 20.9 Å². The first-order valence-electron chi connectivity index (χ1n) is 5.57. The van der Waals surface area contributed by atoms with Crippen molar-refractivity contribution in [3.05, 3.63) is 55.2 Å². The average molecular weight is 310 g/mol. The number of nitrogens with two attached hydrogens (primary N) is 1. The van der Waals surface area contributed by atoms with Crippen molar-refractivity contribution >= 4 is 27.3 Å². The van der Waals surface area contributed by atoms with Gasteiger partial charge >= 0.3 is 0 Å². The van der Waals surface area contributed by atoms with Crippen molar-refractivity contribution in [3.8, 4) is 0 Å². The minimum absolute atomic E-state index is 0.0464. The minimum Gasteiger partial charge on any atom is -0.320 e. The quantitative estimate of drug-likeness (QED) is 0.869. The van der Waals surface area contributed by atoms with E-state index in [0.29, 0.717) is 0 Å². The lowest BCUT2D eigenvalue weighted by atomic mass is 9.99. The van der Waals surface area contributed by atoms with Crippen molar-refractivity contribution in [2.24, 2.45) is 5.73 Å². The zero-order chi connectivity index (χ0) is 12.6. The van der Waals surface area contributed by atoms with E-state index in [1.807, 2.05) is 0 Å². The molecule has 2 N–H and O–H groups in total. The second kappa shape index (κ2) is 4.92. The third kappa shape index (κ3) is 2.62. The Morgan fingerprint density at radius 3 is 2.35 bits per heavy atom. The Hall–Kier alpha value is -0.640. The normalized spacial score (nSPS) is 12.8. The predicted octanol–water partition coefficient (Wildman–Crippen LogP) is 4.48. The molecule has 0 aliphatic heterocycles. The summed E-state index contributed by atoms with van der Waals surface area (Å²) in [5, 5.41) is 0. The van der Waals surface area contributed by atoms with E-state index in [-0.39, 0.29) is 6.04 Å². The molecule has 1 nitrogen and oxygen atoms in total. The monoisotopic (exact) mass is 309 g/mol. The first-order valence-corrected chi connectivity index (χ1v) is 7.18. The molecule has 0 fully saturated rings. The van der Waals surface area contributed by atoms with E-state index in [9.17, 15) is 0 Å². The van der Waals surface area contributed by atoms with Gasteiger partial charge in [-0.15, -0.1) is 11.3 Å². The molecular formula is C14H16BrNS. The van der Waals surface area contributed by atoms with Gasteiger partial charge in [0.15, 0.2) is 0 Å². The Bertz CT molecular complexity index is 545. The summed E-state index contributed by atoms with van der Waals surface area (Å²) in [6.07, 6.45) is 0. The van der Waals surface area contributed by atoms with E-state index in [4.69, 9.17) is 5.73 Å². The summed E-state index contributed by atoms with van der Waals surface area (Å²) in [4.78, 5) is 2.62. The summed E-state index contributed by atoms with van der Waals surface area (Å²) < 4.78 is 1.09. The molecule has 0 aliphatic carbocycles. The Morgan fingerprint density at radius 1 is 1.12 bits per heavy atom. The fraction of sp³-hybridized carbons (Fsp3) is 0.286. The van der Waals surface area contributed by atoms with Crippen LogP contribution in [0.5, 0.6) is 0 Å². The number of benzene rings is 1. The maximum atomic E-state index is 6.36. The first-order chi connectivity index (χ1) is 7.99. The van der Waals surface area contributed by atoms with Crippen molar-refractivity contribution in [1.29, 1.82) is 0 Å². The number of thiophene rings is 1. The van der Waals surface area contributed by atoms with Crippen molar-refractivity contribution in [3.63, 3.8) is 0 Å². The second-order valence-corrected chi connectivity index (χ2v) is 6.69. The summed E-state index contributed by atoms with van der Waals surface area (Å²) in [5.41, 5.74) is 9.98. The molecule has 0 bridgehead atoms. The van der Waals surface area contributed by atoms with Gasteiger partial charge in [0.2, 0.25) is 0 Å². The summed E-state index contributed by atoms with van der Waals surface area (Å²) in [6.45, 7) is 6.34. The number of halogens is 1. The molecule has 17 heavy (non-hydrogen) atoms. The molecule has 1 atom stereocenters. The van der Waals surface area contributed by atoms with Crippen LogP contribution in [0.25, 0.3) is 0 Å². The number of aryl methyl sites for hydroxylation is 3. The van der Waals surface area contributed by atoms with Crippen LogP contribution in [0, 0.1) is 20.8 Å². The number of rotatable bonds is 2. The van der Waals surface area contributed by atoms with Gasteiger partial charge in [-0.1, -0.05) is 28.1 Å². The lowest BCUT2D eigenvalue weighted by molar-refractivity contribution is 0.862. The molecule has 1 unspecified atom stereocenters. The molecule has 90 valence electrons. The van der Waals surface area contributed by atoms with E-state index in [2.05, 4.69) is 61.0 Å². The van der Waals surface area contributed by atoms with Gasteiger partial charge in [0.05, 0.1) is 6.04 Å². The van der Waals surface area contributed by atoms with Crippen LogP contribution in [0.1, 0.15) is 32.5 Å². The fourth-order valence-corrected chi connectivity index (χ4v) is 3.72. The van der Waals surface area contributed by atoms with Crippen molar-refractivity contribution in [1.82, 2.24) is 0 Å². The summed E-state index contributed by atoms with van der Waals surface area (Å²) in [5.74, 6) is 0. The molecule has 2 rings (SSSR count). The zero-order valence-corrected chi connectivity index (χ0v) is 12.7. The van der Waals surface area contributed by atoms with E-state index < -0.39 is 0 Å². The molecule has 1 heterocycles. The van der Waals surface area contributed by atoms with Crippen LogP contribution < -0.4 is 5.73 Å². The Morgan fingerprint density at radius 2 is 1.82 bits per heavy atom. The molecule has 1 aromatic carbocycles. The molecule has 3 heteroatoms. The maximum Gasteiger partial charge on any atom is 0.0573 e. The van der Waals surface area contributed by atoms with Crippen LogP contribution in [-0.4, -0.2) is 0 Å². The molecule has 0 aliphatic rings. The van der Waals surface area contributed by atoms with Crippen molar-refractivity contribution in [2.45, 2.75) is 26.8 Å². The number of hydrogen-bond acceptors (Lipinski definition) is 2. The standard InChI is InChI=1S/C14H16BrNS/c1-8-4-5-11(13(15)6-8)14(16)12-7-9(2)17-10(12)3/h4-7,14H,16H2,1-3H3. The summed E-state index contributed by atoms with van der Waals surface area (Å²) in [7, 11) is 0. The van der Waals surface area contributed by atoms with E-state index >= 15 is 0 Å². The molecule has 0 spiro atoms. The van der Waals surface area contributed by atoms with Gasteiger partial charge in [0.25, 0.3) is 0 Å². The lowest BCUT2D eigenvalue weighted by Crippen LogP contribution is -2.12. The zero-order valence-electron chi connectivity index (χ0n) is 10.3. The van der Waals surface area contributed by atoms with Crippen LogP contribution in [0.15, 0.2) is 28.7 Å². The predicted molar refractivity (Wildman–Crippen MR) is 78.7 cm³/mol. The molecule has 0 radical (unpaired) electrons. The largest absolute Gasteiger partial charge is 0.320 e. The third-order valence-electron chi connectivity index (χ3n) is 2.91. The van der Waals surface area contributed by atoms with Crippen molar-refractivity contribution in [2.75, 3.05) is 0 Å². The Labute approximate surface area is 115 Å². The molecule has 0 amide bonds. The highest BCUT2D eigenvalue weighted by Gasteiger charge is 2.16. The van der Waals surface area contributed by atoms with Crippen LogP contribution >= 0.6 is 27.3 Å². The van der Waals surface area contributed by atoms with Gasteiger partial charge in [-0.2, -0.15) is 0 Å². The van der Waals surface area contributed by atoms with Gasteiger partial charge < -0.3 is 5.73 Å². The first kappa shape index (κ1) is 12.8. The van der Waals surface area contributed by atoms with Gasteiger partial charge in [-0.25, -0.2) is 0 Å². The molecule has 2 aromatic rings. The molecule has 0 saturated heterocycles. The Balaban J connectivity index is 2.43. The summed E-state index contributed by atoms with van der Waals surface area (Å²) >= 11 is 5.41. The highest BCUT2D eigenvalue weighted by molar-refractivity contribution is 9.10. The van der Waals surface area contributed by atoms with Gasteiger partial charge in [-0.3, -0.25) is 0 Å². The van der Waals surface area contributed by atoms with Gasteiger partial charge in [0, 0.05) is 14.2 Å². The SMILES string of the molecule is Cc1ccc(C(N)c2cc(C)sc2C)c(Br)c1. The second-order valence-electron chi connectivity index (χ2n) is 4.37. The fourth-order valence-electron chi connectivity index (χ4n) is 2.01. The van der Waals surface area contributed by atoms with Crippen molar-refractivity contribution < 1.29 is 0 Å². The average Bonchev–Trinajstić information content (AvgIpc) is 2.57. The van der Waals surface area contributed by atoms with E-state index in [1.54, 1.807) is 11.3 Å². The van der Waals surface area contributed by atoms with Gasteiger partial charge in [-0.05, 0) is 49.6 Å². The topological polar surface area (TPSA) is 26.0 Å². The lowest BCUT2D eigenvalue weighted by Gasteiger charge is -2.14. The highest BCUT2D eigenvalue weighted by Crippen LogP contribution is 2.32. The van der Waals surface area contributed by atoms with Crippen LogP contribution in [-0.2, 0) is 0 Å². The molecule has 1 aromatic heterocycles. The molecule has 0 saturated carbocycles. The third-order valence-corrected chi connectivity index (χ3v) is 4.57. The van der Waals surface area contributed by atoms with E-state index in [0.717, 1.165) is 10.0 Å². The maximum absolute atomic E-state index is 6.36. The van der Waals surface area contributed by atoms with Crippen LogP contribution in [0.2, 0.25) is 0 Å². The Kier molecular flexibility index (Phi) is 3.71. The highest BCUT2D eigenvalue weighted by atomic mass is 79.9. The van der Waals surface area contributed by atoms with Crippen LogP contribution in [0.4, 0.5) is 0 Å². The summed E-state index contributed by atoms with van der Waals surface area (Å²) in [6, 6.07) is 8.47. The van der Waals surface area contributed by atoms with Crippen LogP contribution in [0.3, 0.4) is 0 Å².